The van der Waals surface area contributed by atoms with Crippen molar-refractivity contribution in [3.05, 3.63) is 17.5 Å². The van der Waals surface area contributed by atoms with Crippen molar-refractivity contribution in [2.45, 2.75) is 20.1 Å². The van der Waals surface area contributed by atoms with Crippen molar-refractivity contribution in [1.29, 1.82) is 0 Å². The fourth-order valence-electron chi connectivity index (χ4n) is 1.31. The molecule has 4 heteroatoms. The Morgan fingerprint density at radius 2 is 2.31 bits per heavy atom. The van der Waals surface area contributed by atoms with Crippen LogP contribution in [0.4, 0.5) is 0 Å². The van der Waals surface area contributed by atoms with E-state index < -0.39 is 0 Å². The van der Waals surface area contributed by atoms with Gasteiger partial charge in [0.2, 0.25) is 6.29 Å². The van der Waals surface area contributed by atoms with Gasteiger partial charge in [-0.1, -0.05) is 0 Å². The molecule has 0 saturated heterocycles. The van der Waals surface area contributed by atoms with Crippen molar-refractivity contribution < 1.29 is 9.47 Å². The van der Waals surface area contributed by atoms with Crippen LogP contribution in [0.25, 0.3) is 0 Å². The van der Waals surface area contributed by atoms with Gasteiger partial charge in [-0.15, -0.1) is 0 Å². The number of nitrogens with zero attached hydrogens (tertiary/aromatic N) is 2. The number of hydrogen-bond donors (Lipinski definition) is 0. The second kappa shape index (κ2) is 4.39. The minimum absolute atomic E-state index is 0.308. The fraction of sp³-hybridized carbons (Fsp3) is 0.667. The van der Waals surface area contributed by atoms with Gasteiger partial charge >= 0.3 is 0 Å². The predicted octanol–water partition coefficient (Wildman–Crippen LogP) is 1.41. The van der Waals surface area contributed by atoms with Crippen molar-refractivity contribution in [1.82, 2.24) is 9.78 Å². The van der Waals surface area contributed by atoms with Crippen molar-refractivity contribution in [3.8, 4) is 0 Å². The maximum absolute atomic E-state index is 5.41. The third-order valence-electron chi connectivity index (χ3n) is 1.93. The quantitative estimate of drug-likeness (QED) is 0.664. The van der Waals surface area contributed by atoms with E-state index in [4.69, 9.17) is 9.47 Å². The van der Waals surface area contributed by atoms with Crippen LogP contribution in [0.2, 0.25) is 0 Å². The van der Waals surface area contributed by atoms with Gasteiger partial charge in [0.1, 0.15) is 0 Å². The fourth-order valence-corrected chi connectivity index (χ4v) is 1.31. The van der Waals surface area contributed by atoms with Gasteiger partial charge in [-0.3, -0.25) is 4.68 Å². The summed E-state index contributed by atoms with van der Waals surface area (Å²) < 4.78 is 12.4. The van der Waals surface area contributed by atoms with E-state index >= 15 is 0 Å². The lowest BCUT2D eigenvalue weighted by atomic mass is 10.2. The Bertz CT molecular complexity index is 251. The van der Waals surface area contributed by atoms with Crippen LogP contribution in [0.5, 0.6) is 0 Å². The Balaban J connectivity index is 2.89. The number of aryl methyl sites for hydroxylation is 2. The second-order valence-electron chi connectivity index (χ2n) is 2.86. The van der Waals surface area contributed by atoms with Gasteiger partial charge in [0.15, 0.2) is 0 Å². The molecular formula is C9H16N2O2. The summed E-state index contributed by atoms with van der Waals surface area (Å²) in [6.45, 7) is 4.56. The van der Waals surface area contributed by atoms with Crippen LogP contribution in [0, 0.1) is 6.92 Å². The summed E-state index contributed by atoms with van der Waals surface area (Å²) in [5.74, 6) is 0. The Morgan fingerprint density at radius 1 is 1.62 bits per heavy atom. The Hall–Kier alpha value is -0.870. The summed E-state index contributed by atoms with van der Waals surface area (Å²) in [6.07, 6.45) is 1.50. The highest BCUT2D eigenvalue weighted by molar-refractivity contribution is 5.16. The lowest BCUT2D eigenvalue weighted by Crippen LogP contribution is -2.12. The van der Waals surface area contributed by atoms with Gasteiger partial charge in [-0.05, 0) is 19.4 Å². The van der Waals surface area contributed by atoms with Crippen LogP contribution < -0.4 is 0 Å². The molecular weight excluding hydrogens is 168 g/mol. The summed E-state index contributed by atoms with van der Waals surface area (Å²) in [5, 5.41) is 4.12. The Morgan fingerprint density at radius 3 is 2.69 bits per heavy atom. The molecule has 1 aromatic heterocycles. The SMILES string of the molecule is CCOC(OC)c1c(C)cnn1C. The van der Waals surface area contributed by atoms with E-state index in [9.17, 15) is 0 Å². The van der Waals surface area contributed by atoms with E-state index in [0.717, 1.165) is 11.3 Å². The highest BCUT2D eigenvalue weighted by atomic mass is 16.7. The molecule has 0 aliphatic rings. The van der Waals surface area contributed by atoms with Crippen molar-refractivity contribution in [3.63, 3.8) is 0 Å². The first-order valence-corrected chi connectivity index (χ1v) is 4.33. The molecule has 0 amide bonds. The highest BCUT2D eigenvalue weighted by Crippen LogP contribution is 2.20. The van der Waals surface area contributed by atoms with Crippen molar-refractivity contribution in [2.24, 2.45) is 7.05 Å². The molecule has 0 aliphatic heterocycles. The molecule has 0 bridgehead atoms. The molecule has 1 unspecified atom stereocenters. The van der Waals surface area contributed by atoms with Crippen LogP contribution in [0.15, 0.2) is 6.20 Å². The number of aromatic nitrogens is 2. The van der Waals surface area contributed by atoms with E-state index in [1.165, 1.54) is 0 Å². The molecule has 0 fully saturated rings. The van der Waals surface area contributed by atoms with Crippen LogP contribution >= 0.6 is 0 Å². The van der Waals surface area contributed by atoms with Crippen molar-refractivity contribution in [2.75, 3.05) is 13.7 Å². The summed E-state index contributed by atoms with van der Waals surface area (Å²) in [5.41, 5.74) is 2.06. The standard InChI is InChI=1S/C9H16N2O2/c1-5-13-9(12-4)8-7(2)6-10-11(8)3/h6,9H,5H2,1-4H3. The molecule has 4 nitrogen and oxygen atoms in total. The van der Waals surface area contributed by atoms with E-state index in [0.29, 0.717) is 6.61 Å². The summed E-state index contributed by atoms with van der Waals surface area (Å²) >= 11 is 0. The molecule has 0 radical (unpaired) electrons. The second-order valence-corrected chi connectivity index (χ2v) is 2.86. The van der Waals surface area contributed by atoms with Crippen LogP contribution in [-0.4, -0.2) is 23.5 Å². The average molecular weight is 184 g/mol. The van der Waals surface area contributed by atoms with Gasteiger partial charge < -0.3 is 9.47 Å². The summed E-state index contributed by atoms with van der Waals surface area (Å²) in [7, 11) is 3.51. The minimum Gasteiger partial charge on any atom is -0.350 e. The van der Waals surface area contributed by atoms with Crippen LogP contribution in [0.1, 0.15) is 24.5 Å². The lowest BCUT2D eigenvalue weighted by Gasteiger charge is -2.16. The van der Waals surface area contributed by atoms with Gasteiger partial charge in [-0.25, -0.2) is 0 Å². The first-order valence-electron chi connectivity index (χ1n) is 4.33. The van der Waals surface area contributed by atoms with Crippen molar-refractivity contribution >= 4 is 0 Å². The summed E-state index contributed by atoms with van der Waals surface area (Å²) in [6, 6.07) is 0. The Labute approximate surface area is 78.5 Å². The zero-order chi connectivity index (χ0) is 9.84. The smallest absolute Gasteiger partial charge is 0.200 e. The van der Waals surface area contributed by atoms with E-state index in [1.807, 2.05) is 20.9 Å². The third kappa shape index (κ3) is 2.08. The number of methoxy groups -OCH3 is 1. The Kier molecular flexibility index (Phi) is 3.45. The maximum atomic E-state index is 5.41. The zero-order valence-corrected chi connectivity index (χ0v) is 8.57. The first-order chi connectivity index (χ1) is 6.20. The third-order valence-corrected chi connectivity index (χ3v) is 1.93. The van der Waals surface area contributed by atoms with Crippen LogP contribution in [0.3, 0.4) is 0 Å². The van der Waals surface area contributed by atoms with Gasteiger partial charge in [0.25, 0.3) is 0 Å². The normalized spacial score (nSPS) is 13.2. The zero-order valence-electron chi connectivity index (χ0n) is 8.57. The molecule has 13 heavy (non-hydrogen) atoms. The summed E-state index contributed by atoms with van der Waals surface area (Å²) in [4.78, 5) is 0. The lowest BCUT2D eigenvalue weighted by molar-refractivity contribution is -0.128. The van der Waals surface area contributed by atoms with Gasteiger partial charge in [-0.2, -0.15) is 5.10 Å². The molecule has 1 aromatic rings. The van der Waals surface area contributed by atoms with Gasteiger partial charge in [0, 0.05) is 20.8 Å². The van der Waals surface area contributed by atoms with Crippen LogP contribution in [-0.2, 0) is 16.5 Å². The number of rotatable bonds is 4. The van der Waals surface area contributed by atoms with E-state index in [2.05, 4.69) is 5.10 Å². The van der Waals surface area contributed by atoms with E-state index in [-0.39, 0.29) is 6.29 Å². The molecule has 1 atom stereocenters. The maximum Gasteiger partial charge on any atom is 0.200 e. The molecule has 74 valence electrons. The average Bonchev–Trinajstić information content (AvgIpc) is 2.43. The minimum atomic E-state index is -0.308. The van der Waals surface area contributed by atoms with Gasteiger partial charge in [0.05, 0.1) is 11.9 Å². The number of ether oxygens (including phenoxy) is 2. The molecule has 0 spiro atoms. The molecule has 0 aliphatic carbocycles. The highest BCUT2D eigenvalue weighted by Gasteiger charge is 2.16. The monoisotopic (exact) mass is 184 g/mol. The first kappa shape index (κ1) is 10.2. The molecule has 0 saturated carbocycles. The predicted molar refractivity (Wildman–Crippen MR) is 49.3 cm³/mol. The largest absolute Gasteiger partial charge is 0.350 e. The number of hydrogen-bond acceptors (Lipinski definition) is 3. The molecule has 1 heterocycles. The topological polar surface area (TPSA) is 36.3 Å². The molecule has 0 aromatic carbocycles. The van der Waals surface area contributed by atoms with E-state index in [1.54, 1.807) is 18.0 Å². The molecule has 0 N–H and O–H groups in total. The molecule has 1 rings (SSSR count).